The fourth-order valence-electron chi connectivity index (χ4n) is 2.41. The van der Waals surface area contributed by atoms with Gasteiger partial charge in [0.15, 0.2) is 0 Å². The van der Waals surface area contributed by atoms with E-state index in [4.69, 9.17) is 4.74 Å². The van der Waals surface area contributed by atoms with Gasteiger partial charge in [0.25, 0.3) is 0 Å². The van der Waals surface area contributed by atoms with Gasteiger partial charge in [-0.25, -0.2) is 4.79 Å². The lowest BCUT2D eigenvalue weighted by molar-refractivity contribution is 0.0693. The van der Waals surface area contributed by atoms with Crippen molar-refractivity contribution in [2.75, 3.05) is 0 Å². The Morgan fingerprint density at radius 3 is 2.26 bits per heavy atom. The first-order valence-electron chi connectivity index (χ1n) is 7.94. The Balaban J connectivity index is 3.06. The van der Waals surface area contributed by atoms with Gasteiger partial charge >= 0.3 is 5.97 Å². The summed E-state index contributed by atoms with van der Waals surface area (Å²) in [5.74, 6) is -0.144. The van der Waals surface area contributed by atoms with E-state index in [0.29, 0.717) is 9.13 Å². The average Bonchev–Trinajstić information content (AvgIpc) is 2.48. The lowest BCUT2D eigenvalue weighted by Crippen LogP contribution is -2.17. The maximum absolute atomic E-state index is 11.6. The van der Waals surface area contributed by atoms with Crippen molar-refractivity contribution >= 4 is 73.7 Å². The lowest BCUT2D eigenvalue weighted by Gasteiger charge is -2.21. The summed E-state index contributed by atoms with van der Waals surface area (Å²) in [5, 5.41) is 9.55. The van der Waals surface area contributed by atoms with Gasteiger partial charge in [-0.1, -0.05) is 33.1 Å². The summed E-state index contributed by atoms with van der Waals surface area (Å²) in [4.78, 5) is 11.6. The smallest absolute Gasteiger partial charge is 0.338 e. The van der Waals surface area contributed by atoms with Crippen LogP contribution in [-0.2, 0) is 6.42 Å². The summed E-state index contributed by atoms with van der Waals surface area (Å²) in [6, 6.07) is 0. The van der Waals surface area contributed by atoms with E-state index in [-0.39, 0.29) is 6.10 Å². The third kappa shape index (κ3) is 5.86. The minimum atomic E-state index is -0.884. The summed E-state index contributed by atoms with van der Waals surface area (Å²) in [6.07, 6.45) is 6.76. The van der Waals surface area contributed by atoms with Crippen molar-refractivity contribution in [3.8, 4) is 5.75 Å². The highest BCUT2D eigenvalue weighted by molar-refractivity contribution is 14.1. The van der Waals surface area contributed by atoms with Crippen molar-refractivity contribution < 1.29 is 14.6 Å². The molecule has 6 heteroatoms. The number of hydrogen-bond donors (Lipinski definition) is 1. The zero-order valence-electron chi connectivity index (χ0n) is 13.7. The molecule has 1 atom stereocenters. The Hall–Kier alpha value is 0.680. The van der Waals surface area contributed by atoms with Crippen molar-refractivity contribution in [2.24, 2.45) is 0 Å². The monoisotopic (exact) mass is 656 g/mol. The molecule has 1 aromatic rings. The summed E-state index contributed by atoms with van der Waals surface area (Å²) >= 11 is 6.54. The highest BCUT2D eigenvalue weighted by Crippen LogP contribution is 2.38. The summed E-state index contributed by atoms with van der Waals surface area (Å²) < 4.78 is 8.75. The number of benzene rings is 1. The van der Waals surface area contributed by atoms with Crippen LogP contribution in [0.2, 0.25) is 0 Å². The van der Waals surface area contributed by atoms with Crippen LogP contribution in [0.4, 0.5) is 0 Å². The molecule has 23 heavy (non-hydrogen) atoms. The van der Waals surface area contributed by atoms with Crippen LogP contribution in [0, 0.1) is 10.7 Å². The van der Waals surface area contributed by atoms with Gasteiger partial charge in [-0.15, -0.1) is 0 Å². The van der Waals surface area contributed by atoms with Gasteiger partial charge in [-0.3, -0.25) is 0 Å². The van der Waals surface area contributed by atoms with Gasteiger partial charge in [0.1, 0.15) is 5.75 Å². The molecule has 0 aliphatic carbocycles. The van der Waals surface area contributed by atoms with Gasteiger partial charge in [0.05, 0.1) is 18.8 Å². The largest absolute Gasteiger partial charge is 0.488 e. The second kappa shape index (κ2) is 10.6. The fraction of sp³-hybridized carbons (Fsp3) is 0.588. The Kier molecular flexibility index (Phi) is 10.0. The van der Waals surface area contributed by atoms with Crippen LogP contribution in [-0.4, -0.2) is 17.2 Å². The number of halogens is 3. The molecule has 0 saturated heterocycles. The van der Waals surface area contributed by atoms with Gasteiger partial charge in [-0.2, -0.15) is 0 Å². The highest BCUT2D eigenvalue weighted by Gasteiger charge is 2.25. The molecule has 1 rings (SSSR count). The first-order valence-corrected chi connectivity index (χ1v) is 11.2. The van der Waals surface area contributed by atoms with E-state index in [1.807, 2.05) is 0 Å². The highest BCUT2D eigenvalue weighted by atomic mass is 127. The molecule has 1 N–H and O–H groups in total. The van der Waals surface area contributed by atoms with E-state index in [1.165, 1.54) is 19.3 Å². The van der Waals surface area contributed by atoms with Gasteiger partial charge in [0.2, 0.25) is 0 Å². The predicted octanol–water partition coefficient (Wildman–Crippen LogP) is 6.50. The van der Waals surface area contributed by atoms with Crippen LogP contribution in [0.15, 0.2) is 0 Å². The SMILES string of the molecule is CCCCCCC(C)Oc1c(I)c(CC)c(I)c(C(=O)O)c1I. The number of ether oxygens (including phenoxy) is 1. The molecular formula is C17H23I3O3. The minimum Gasteiger partial charge on any atom is -0.488 e. The Morgan fingerprint density at radius 2 is 1.74 bits per heavy atom. The molecule has 0 aliphatic heterocycles. The Labute approximate surface area is 179 Å². The molecular weight excluding hydrogens is 633 g/mol. The third-order valence-corrected chi connectivity index (χ3v) is 7.08. The van der Waals surface area contributed by atoms with Crippen LogP contribution in [0.3, 0.4) is 0 Å². The second-order valence-corrected chi connectivity index (χ2v) is 8.80. The topological polar surface area (TPSA) is 46.5 Å². The van der Waals surface area contributed by atoms with Crippen molar-refractivity contribution in [1.29, 1.82) is 0 Å². The molecule has 0 amide bonds. The maximum Gasteiger partial charge on any atom is 0.338 e. The molecule has 0 saturated carbocycles. The molecule has 0 aromatic heterocycles. The standard InChI is InChI=1S/C17H23I3O3/c1-4-6-7-8-9-10(3)23-16-14(19)11(5-2)13(18)12(15(16)20)17(21)22/h10H,4-9H2,1-3H3,(H,21,22). The molecule has 0 radical (unpaired) electrons. The quantitative estimate of drug-likeness (QED) is 0.244. The predicted molar refractivity (Wildman–Crippen MR) is 120 cm³/mol. The first kappa shape index (κ1) is 21.7. The van der Waals surface area contributed by atoms with E-state index in [1.54, 1.807) is 0 Å². The van der Waals surface area contributed by atoms with E-state index in [2.05, 4.69) is 88.5 Å². The molecule has 0 heterocycles. The Morgan fingerprint density at radius 1 is 1.09 bits per heavy atom. The number of carboxylic acid groups (broad SMARTS) is 1. The molecule has 3 nitrogen and oxygen atoms in total. The number of carbonyl (C=O) groups is 1. The molecule has 0 aliphatic rings. The van der Waals surface area contributed by atoms with E-state index in [0.717, 1.165) is 37.7 Å². The normalized spacial score (nSPS) is 12.3. The van der Waals surface area contributed by atoms with Crippen LogP contribution in [0.5, 0.6) is 5.75 Å². The van der Waals surface area contributed by atoms with Crippen molar-refractivity contribution in [2.45, 2.75) is 65.4 Å². The van der Waals surface area contributed by atoms with Gasteiger partial charge in [0, 0.05) is 3.57 Å². The van der Waals surface area contributed by atoms with Crippen LogP contribution in [0.1, 0.15) is 68.8 Å². The maximum atomic E-state index is 11.6. The number of unbranched alkanes of at least 4 members (excludes halogenated alkanes) is 3. The summed E-state index contributed by atoms with van der Waals surface area (Å²) in [7, 11) is 0. The van der Waals surface area contributed by atoms with E-state index in [9.17, 15) is 9.90 Å². The number of rotatable bonds is 9. The first-order chi connectivity index (χ1) is 10.8. The summed E-state index contributed by atoms with van der Waals surface area (Å²) in [6.45, 7) is 6.33. The fourth-order valence-corrected chi connectivity index (χ4v) is 7.06. The molecule has 0 fully saturated rings. The van der Waals surface area contributed by atoms with Crippen LogP contribution >= 0.6 is 67.8 Å². The lowest BCUT2D eigenvalue weighted by atomic mass is 10.1. The zero-order valence-corrected chi connectivity index (χ0v) is 20.2. The molecule has 0 bridgehead atoms. The molecule has 0 spiro atoms. The van der Waals surface area contributed by atoms with Gasteiger partial charge < -0.3 is 9.84 Å². The summed E-state index contributed by atoms with van der Waals surface area (Å²) in [5.41, 5.74) is 1.44. The zero-order chi connectivity index (χ0) is 17.6. The van der Waals surface area contributed by atoms with Crippen LogP contribution < -0.4 is 4.74 Å². The molecule has 130 valence electrons. The number of hydrogen-bond acceptors (Lipinski definition) is 2. The van der Waals surface area contributed by atoms with Crippen molar-refractivity contribution in [3.63, 3.8) is 0 Å². The average molecular weight is 656 g/mol. The minimum absolute atomic E-state index is 0.0975. The van der Waals surface area contributed by atoms with Gasteiger partial charge in [-0.05, 0) is 99.5 Å². The van der Waals surface area contributed by atoms with Crippen molar-refractivity contribution in [3.05, 3.63) is 21.8 Å². The number of aromatic carboxylic acids is 1. The third-order valence-electron chi connectivity index (χ3n) is 3.72. The molecule has 1 unspecified atom stereocenters. The second-order valence-electron chi connectivity index (χ2n) is 5.56. The number of carboxylic acids is 1. The van der Waals surface area contributed by atoms with E-state index < -0.39 is 5.97 Å². The van der Waals surface area contributed by atoms with Crippen molar-refractivity contribution in [1.82, 2.24) is 0 Å². The molecule has 1 aromatic carbocycles. The van der Waals surface area contributed by atoms with E-state index >= 15 is 0 Å². The Bertz CT molecular complexity index is 559. The van der Waals surface area contributed by atoms with Crippen LogP contribution in [0.25, 0.3) is 0 Å².